The summed E-state index contributed by atoms with van der Waals surface area (Å²) in [6, 6.07) is -23.3. The summed E-state index contributed by atoms with van der Waals surface area (Å²) >= 11 is 0. The maximum Gasteiger partial charge on any atom is 0.318 e. The number of aliphatic hydroxyl groups is 1. The Balaban J connectivity index is 2.16. The van der Waals surface area contributed by atoms with Crippen LogP contribution in [0.3, 0.4) is 0 Å². The first-order chi connectivity index (χ1) is 33.5. The van der Waals surface area contributed by atoms with E-state index in [9.17, 15) is 22.9 Å². The normalized spacial score (nSPS) is 31.0. The molecule has 3 aromatic rings. The minimum absolute atomic E-state index is 0.0569. The first-order valence-electron chi connectivity index (χ1n) is 27.8. The van der Waals surface area contributed by atoms with Crippen LogP contribution in [0.25, 0.3) is 0 Å². The van der Waals surface area contributed by atoms with Gasteiger partial charge in [-0.15, -0.1) is 0 Å². The Labute approximate surface area is 313 Å². The average Bonchev–Trinajstić information content (AvgIpc) is 3.26. The summed E-state index contributed by atoms with van der Waals surface area (Å²) in [6.07, 6.45) is -17.7. The molecule has 246 valence electrons. The average molecular weight is 658 g/mol. The molecule has 46 heavy (non-hydrogen) atoms. The minimum atomic E-state index is -5.10. The maximum atomic E-state index is 15.2. The largest absolute Gasteiger partial charge is 0.483 e. The van der Waals surface area contributed by atoms with Crippen molar-refractivity contribution in [2.45, 2.75) is 77.3 Å². The molecule has 0 aromatic heterocycles. The molecule has 4 atom stereocenters. The Bertz CT molecular complexity index is 2700. The van der Waals surface area contributed by atoms with E-state index in [0.29, 0.717) is 11.1 Å². The predicted octanol–water partition coefficient (Wildman–Crippen LogP) is 4.33. The van der Waals surface area contributed by atoms with Crippen LogP contribution in [-0.4, -0.2) is 71.6 Å². The van der Waals surface area contributed by atoms with Gasteiger partial charge in [0.05, 0.1) is 28.6 Å². The van der Waals surface area contributed by atoms with E-state index in [-0.39, 0.29) is 5.75 Å². The van der Waals surface area contributed by atoms with Crippen molar-refractivity contribution >= 4 is 17.8 Å². The highest BCUT2D eigenvalue weighted by atomic mass is 16.5. The smallest absolute Gasteiger partial charge is 0.318 e. The highest BCUT2D eigenvalue weighted by molar-refractivity contribution is 5.87. The minimum Gasteiger partial charge on any atom is -0.483 e. The lowest BCUT2D eigenvalue weighted by Crippen LogP contribution is -2.59. The van der Waals surface area contributed by atoms with Gasteiger partial charge in [-0.05, 0) is 67.5 Å². The van der Waals surface area contributed by atoms with Crippen LogP contribution in [0, 0.1) is 19.7 Å². The fourth-order valence-corrected chi connectivity index (χ4v) is 3.97. The summed E-state index contributed by atoms with van der Waals surface area (Å²) in [4.78, 5) is 41.8. The summed E-state index contributed by atoms with van der Waals surface area (Å²) < 4.78 is 253. The van der Waals surface area contributed by atoms with Gasteiger partial charge in [-0.25, -0.2) is 4.79 Å². The Hall–Kier alpha value is -4.37. The van der Waals surface area contributed by atoms with Gasteiger partial charge >= 0.3 is 6.03 Å². The molecular weight excluding hydrogens is 580 g/mol. The molecular formula is C37H48N4O5. The summed E-state index contributed by atoms with van der Waals surface area (Å²) in [5.74, 6) is -9.34. The Morgan fingerprint density at radius 3 is 2.33 bits per heavy atom. The van der Waals surface area contributed by atoms with E-state index in [0.717, 1.165) is 0 Å². The molecule has 1 fully saturated rings. The van der Waals surface area contributed by atoms with E-state index in [1.807, 2.05) is 0 Å². The van der Waals surface area contributed by atoms with E-state index < -0.39 is 183 Å². The second-order valence-electron chi connectivity index (χ2n) is 9.37. The Kier molecular flexibility index (Phi) is 4.63. The lowest BCUT2D eigenvalue weighted by molar-refractivity contribution is -0.128. The number of amides is 4. The number of hydrogen-bond donors (Lipinski definition) is 4. The predicted molar refractivity (Wildman–Crippen MR) is 180 cm³/mol. The highest BCUT2D eigenvalue weighted by Crippen LogP contribution is 2.22. The number of urea groups is 1. The fraction of sp³-hybridized carbons (Fsp3) is 0.432. The molecule has 0 unspecified atom stereocenters. The zero-order valence-corrected chi connectivity index (χ0v) is 24.3. The monoisotopic (exact) mass is 658 g/mol. The van der Waals surface area contributed by atoms with Gasteiger partial charge in [0.2, 0.25) is 5.91 Å². The zero-order valence-electron chi connectivity index (χ0n) is 53.3. The topological polar surface area (TPSA) is 120 Å². The number of nitrogens with zero attached hydrogens (tertiary/aromatic N) is 1. The number of hydrogen-bond acceptors (Lipinski definition) is 5. The van der Waals surface area contributed by atoms with Crippen LogP contribution in [0.5, 0.6) is 5.75 Å². The molecule has 0 radical (unpaired) electrons. The van der Waals surface area contributed by atoms with Crippen LogP contribution in [0.4, 0.5) is 4.79 Å². The first kappa shape index (κ1) is 12.7. The van der Waals surface area contributed by atoms with E-state index in [1.54, 1.807) is 37.4 Å². The SMILES string of the molecule is [2H]c1c([2H])c([2H])c(C([2H])([2H])[C@@H](C[C@H](O)[C@@]([2H])(NC(=O)COc2c(C)cccc2C)C([2H])([2H])c2c([2H])c([2H])c([2H])c([2H])c2[2H])NC(=O)[C@@]([2H])(N2C(=O)NC([2H])([2H])C([2H])([2H])C2([2H])[2H])C([2H])(C([2H])([2H])[2H])C([2H])([2H])[2H])c([2H])c1[2H]. The van der Waals surface area contributed by atoms with Crippen molar-refractivity contribution in [3.63, 3.8) is 0 Å². The Morgan fingerprint density at radius 2 is 1.70 bits per heavy atom. The van der Waals surface area contributed by atoms with Gasteiger partial charge in [-0.2, -0.15) is 0 Å². The van der Waals surface area contributed by atoms with Crippen LogP contribution < -0.4 is 20.7 Å². The number of carbonyl (C=O) groups is 3. The van der Waals surface area contributed by atoms with Crippen molar-refractivity contribution < 1.29 is 64.0 Å². The standard InChI is InChI=1S/C37H48N4O5/c1-25(2)34(41-20-12-19-38-37(41)45)36(44)39-30(21-28-15-7-5-8-16-28)23-32(42)31(22-29-17-9-6-10-18-29)40-33(43)24-46-35-26(3)13-11-14-27(35)4/h5-11,13-18,25,30-32,34,42H,12,19-24H2,1-4H3,(H,38,45)(H,39,44)(H,40,43)/t30-,31-,32-,34-/m0/s1/i1D3,2D3,5D,6D,7D,8D,9D,10D,12D2,15D,16D,17D,18D,19D2,20D2,21D2,22D2,25D,31D,34D. The molecule has 0 aliphatic carbocycles. The summed E-state index contributed by atoms with van der Waals surface area (Å²) in [5.41, 5.74) is -2.16. The van der Waals surface area contributed by atoms with Gasteiger partial charge in [-0.1, -0.05) is 92.3 Å². The number of carbonyl (C=O) groups excluding carboxylic acids is 3. The molecule has 1 aliphatic rings. The third-order valence-corrected chi connectivity index (χ3v) is 5.98. The van der Waals surface area contributed by atoms with Gasteiger partial charge in [0, 0.05) is 42.3 Å². The molecule has 1 aliphatic heterocycles. The maximum absolute atomic E-state index is 15.2. The third-order valence-electron chi connectivity index (χ3n) is 5.98. The molecule has 9 heteroatoms. The number of ether oxygens (including phenoxy) is 1. The van der Waals surface area contributed by atoms with Crippen molar-refractivity contribution in [1.82, 2.24) is 20.9 Å². The van der Waals surface area contributed by atoms with Gasteiger partial charge in [-0.3, -0.25) is 9.59 Å². The third kappa shape index (κ3) is 9.81. The van der Waals surface area contributed by atoms with Crippen molar-refractivity contribution in [3.8, 4) is 5.75 Å². The van der Waals surface area contributed by atoms with E-state index in [1.165, 1.54) is 10.6 Å². The van der Waals surface area contributed by atoms with Crippen LogP contribution >= 0.6 is 0 Å². The van der Waals surface area contributed by atoms with E-state index in [2.05, 4.69) is 0 Å². The molecule has 3 aromatic carbocycles. The number of aliphatic hydroxyl groups excluding tert-OH is 1. The second-order valence-corrected chi connectivity index (χ2v) is 9.37. The number of aryl methyl sites for hydroxylation is 2. The lowest BCUT2D eigenvalue weighted by Gasteiger charge is -2.37. The molecule has 0 bridgehead atoms. The van der Waals surface area contributed by atoms with Gasteiger partial charge in [0.25, 0.3) is 5.91 Å². The number of nitrogens with one attached hydrogen (secondary N) is 3. The fourth-order valence-electron chi connectivity index (χ4n) is 3.97. The van der Waals surface area contributed by atoms with Crippen LogP contribution in [0.2, 0.25) is 0 Å². The molecule has 4 amide bonds. The summed E-state index contributed by atoms with van der Waals surface area (Å²) in [5, 5.41) is 16.8. The van der Waals surface area contributed by atoms with Crippen molar-refractivity contribution in [2.24, 2.45) is 5.89 Å². The van der Waals surface area contributed by atoms with Crippen molar-refractivity contribution in [1.29, 1.82) is 0 Å². The molecule has 1 saturated heterocycles. The lowest BCUT2D eigenvalue weighted by atomic mass is 9.92. The first-order valence-corrected chi connectivity index (χ1v) is 13.3. The summed E-state index contributed by atoms with van der Waals surface area (Å²) in [7, 11) is 0. The second kappa shape index (κ2) is 16.8. The highest BCUT2D eigenvalue weighted by Gasteiger charge is 2.35. The summed E-state index contributed by atoms with van der Waals surface area (Å²) in [6.45, 7) is -15.8. The number of rotatable bonds is 15. The molecule has 0 saturated carbocycles. The zero-order chi connectivity index (χ0) is 58.5. The Morgan fingerprint density at radius 1 is 1.07 bits per heavy atom. The van der Waals surface area contributed by atoms with E-state index in [4.69, 9.17) is 36.3 Å². The van der Waals surface area contributed by atoms with Gasteiger partial charge < -0.3 is 30.7 Å². The van der Waals surface area contributed by atoms with Crippen molar-refractivity contribution in [3.05, 3.63) is 101 Å². The molecule has 4 N–H and O–H groups in total. The van der Waals surface area contributed by atoms with Crippen LogP contribution in [0.15, 0.2) is 78.6 Å². The number of para-hydroxylation sites is 1. The van der Waals surface area contributed by atoms with E-state index >= 15 is 4.79 Å². The quantitative estimate of drug-likeness (QED) is 0.194. The molecule has 0 spiro atoms. The molecule has 1 heterocycles. The van der Waals surface area contributed by atoms with Crippen molar-refractivity contribution in [2.75, 3.05) is 19.6 Å². The molecule has 4 rings (SSSR count). The van der Waals surface area contributed by atoms with Gasteiger partial charge in [0.1, 0.15) is 11.8 Å². The number of benzene rings is 3. The van der Waals surface area contributed by atoms with Crippen LogP contribution in [-0.2, 0) is 22.3 Å². The van der Waals surface area contributed by atoms with Gasteiger partial charge in [0.15, 0.2) is 6.61 Å². The van der Waals surface area contributed by atoms with Crippen LogP contribution in [0.1, 0.15) is 88.5 Å². The molecule has 9 nitrogen and oxygen atoms in total.